The summed E-state index contributed by atoms with van der Waals surface area (Å²) in [5.41, 5.74) is -0.825. The minimum absolute atomic E-state index is 0.160. The Hall–Kier alpha value is -2.05. The van der Waals surface area contributed by atoms with Gasteiger partial charge < -0.3 is 19.5 Å². The molecule has 2 bridgehead atoms. The monoisotopic (exact) mass is 451 g/mol. The first-order valence-electron chi connectivity index (χ1n) is 9.64. The van der Waals surface area contributed by atoms with Crippen LogP contribution in [0, 0.1) is 23.2 Å². The Morgan fingerprint density at radius 1 is 1.40 bits per heavy atom. The zero-order valence-electron chi connectivity index (χ0n) is 16.3. The average Bonchev–Trinajstić information content (AvgIpc) is 3.25. The molecule has 158 valence electrons. The van der Waals surface area contributed by atoms with Gasteiger partial charge >= 0.3 is 6.09 Å². The summed E-state index contributed by atoms with van der Waals surface area (Å²) in [7, 11) is 1.30. The van der Waals surface area contributed by atoms with Gasteiger partial charge in [0.1, 0.15) is 12.3 Å². The molecule has 0 aromatic heterocycles. The normalized spacial score (nSPS) is 38.4. The summed E-state index contributed by atoms with van der Waals surface area (Å²) < 4.78 is 17.3. The minimum Gasteiger partial charge on any atom is -0.453 e. The molecule has 1 aromatic rings. The first kappa shape index (κ1) is 19.9. The highest BCUT2D eigenvalue weighted by molar-refractivity contribution is 6.37. The first-order valence-corrected chi connectivity index (χ1v) is 10.4. The lowest BCUT2D eigenvalue weighted by Gasteiger charge is -2.42. The van der Waals surface area contributed by atoms with Crippen molar-refractivity contribution in [3.63, 3.8) is 0 Å². The molecule has 5 rings (SSSR count). The topological polar surface area (TPSA) is 101 Å². The van der Waals surface area contributed by atoms with Gasteiger partial charge in [-0.15, -0.1) is 0 Å². The third-order valence-electron chi connectivity index (χ3n) is 7.02. The number of carbonyl (C=O) groups is 2. The van der Waals surface area contributed by atoms with Crippen molar-refractivity contribution >= 4 is 40.9 Å². The lowest BCUT2D eigenvalue weighted by Crippen LogP contribution is -2.57. The van der Waals surface area contributed by atoms with Gasteiger partial charge in [0, 0.05) is 24.4 Å². The molecule has 4 aliphatic rings. The van der Waals surface area contributed by atoms with Crippen LogP contribution in [-0.4, -0.2) is 49.2 Å². The quantitative estimate of drug-likeness (QED) is 0.741. The fourth-order valence-electron chi connectivity index (χ4n) is 5.83. The van der Waals surface area contributed by atoms with Crippen molar-refractivity contribution in [3.05, 3.63) is 27.7 Å². The van der Waals surface area contributed by atoms with Crippen molar-refractivity contribution in [3.8, 4) is 6.07 Å². The third-order valence-corrected chi connectivity index (χ3v) is 7.62. The van der Waals surface area contributed by atoms with Crippen molar-refractivity contribution in [1.29, 1.82) is 5.26 Å². The SMILES string of the molecule is COC(=O)N[C@@H]1C[C@@]23CCO[C@H]4[C@@H]2[C@H](C(=O)N4c2cc(Cl)c(C#N)c(Cl)c2)[C@]1(C)O3. The standard InChI is InChI=1S/C20H19Cl2N3O5/c1-19-13(24-18(27)28-2)7-20(30-19)3-4-29-17-15(20)14(19)16(26)25(17)9-5-11(21)10(8-23)12(22)6-9/h5-6,13-15,17H,3-4,7H2,1-2H3,(H,24,27)/t13-,14-,15+,17+,19-,20+/m1/s1. The predicted molar refractivity (Wildman–Crippen MR) is 106 cm³/mol. The summed E-state index contributed by atoms with van der Waals surface area (Å²) in [6, 6.07) is 4.73. The van der Waals surface area contributed by atoms with Gasteiger partial charge in [-0.2, -0.15) is 5.26 Å². The second-order valence-electron chi connectivity index (χ2n) is 8.36. The van der Waals surface area contributed by atoms with E-state index >= 15 is 0 Å². The Morgan fingerprint density at radius 2 is 2.10 bits per heavy atom. The molecule has 30 heavy (non-hydrogen) atoms. The molecule has 4 heterocycles. The maximum absolute atomic E-state index is 13.7. The maximum Gasteiger partial charge on any atom is 0.407 e. The van der Waals surface area contributed by atoms with Crippen LogP contribution in [0.1, 0.15) is 25.3 Å². The molecule has 4 saturated heterocycles. The number of halogens is 2. The van der Waals surface area contributed by atoms with E-state index in [0.717, 1.165) is 0 Å². The van der Waals surface area contributed by atoms with Crippen LogP contribution < -0.4 is 10.2 Å². The Labute approximate surface area is 182 Å². The molecule has 6 atom stereocenters. The fraction of sp³-hybridized carbons (Fsp3) is 0.550. The number of rotatable bonds is 2. The molecule has 1 spiro atoms. The average molecular weight is 452 g/mol. The van der Waals surface area contributed by atoms with Gasteiger partial charge in [-0.3, -0.25) is 9.69 Å². The number of carbonyl (C=O) groups excluding carboxylic acids is 2. The smallest absolute Gasteiger partial charge is 0.407 e. The molecular formula is C20H19Cl2N3O5. The summed E-state index contributed by atoms with van der Waals surface area (Å²) in [5, 5.41) is 12.4. The van der Waals surface area contributed by atoms with E-state index in [2.05, 4.69) is 5.32 Å². The largest absolute Gasteiger partial charge is 0.453 e. The molecule has 10 heteroatoms. The number of anilines is 1. The number of fused-ring (bicyclic) bond motifs is 2. The summed E-state index contributed by atoms with van der Waals surface area (Å²) >= 11 is 12.5. The number of benzene rings is 1. The number of nitrogens with zero attached hydrogens (tertiary/aromatic N) is 2. The van der Waals surface area contributed by atoms with Crippen LogP contribution in [0.15, 0.2) is 12.1 Å². The van der Waals surface area contributed by atoms with E-state index in [-0.39, 0.29) is 33.5 Å². The fourth-order valence-corrected chi connectivity index (χ4v) is 6.39. The van der Waals surface area contributed by atoms with E-state index in [1.807, 2.05) is 13.0 Å². The van der Waals surface area contributed by atoms with Crippen LogP contribution in [0.2, 0.25) is 10.0 Å². The molecule has 1 N–H and O–H groups in total. The highest BCUT2D eigenvalue weighted by Gasteiger charge is 2.78. The molecule has 8 nitrogen and oxygen atoms in total. The van der Waals surface area contributed by atoms with Crippen molar-refractivity contribution in [2.75, 3.05) is 18.6 Å². The number of methoxy groups -OCH3 is 1. The van der Waals surface area contributed by atoms with Crippen LogP contribution in [0.4, 0.5) is 10.5 Å². The number of ether oxygens (including phenoxy) is 3. The van der Waals surface area contributed by atoms with E-state index < -0.39 is 29.4 Å². The number of alkyl carbamates (subject to hydrolysis) is 1. The lowest BCUT2D eigenvalue weighted by atomic mass is 9.64. The van der Waals surface area contributed by atoms with Gasteiger partial charge in [0.05, 0.1) is 52.5 Å². The van der Waals surface area contributed by atoms with E-state index in [0.29, 0.717) is 25.1 Å². The van der Waals surface area contributed by atoms with Gasteiger partial charge in [0.25, 0.3) is 0 Å². The number of hydrogen-bond acceptors (Lipinski definition) is 6. The van der Waals surface area contributed by atoms with Crippen LogP contribution in [0.3, 0.4) is 0 Å². The second-order valence-corrected chi connectivity index (χ2v) is 9.18. The Balaban J connectivity index is 1.57. The second kappa shape index (κ2) is 6.47. The summed E-state index contributed by atoms with van der Waals surface area (Å²) in [6.45, 7) is 2.28. The minimum atomic E-state index is -0.892. The highest BCUT2D eigenvalue weighted by Crippen LogP contribution is 2.65. The van der Waals surface area contributed by atoms with Crippen LogP contribution in [0.5, 0.6) is 0 Å². The van der Waals surface area contributed by atoms with E-state index in [9.17, 15) is 14.9 Å². The molecule has 1 aromatic carbocycles. The van der Waals surface area contributed by atoms with Crippen molar-refractivity contribution < 1.29 is 23.8 Å². The molecule has 4 aliphatic heterocycles. The van der Waals surface area contributed by atoms with E-state index in [1.165, 1.54) is 7.11 Å². The first-order chi connectivity index (χ1) is 14.3. The van der Waals surface area contributed by atoms with Crippen molar-refractivity contribution in [2.24, 2.45) is 11.8 Å². The number of nitriles is 1. The van der Waals surface area contributed by atoms with Crippen LogP contribution in [-0.2, 0) is 19.0 Å². The summed E-state index contributed by atoms with van der Waals surface area (Å²) in [4.78, 5) is 27.1. The Bertz CT molecular complexity index is 990. The van der Waals surface area contributed by atoms with Gasteiger partial charge in [-0.05, 0) is 19.1 Å². The zero-order valence-corrected chi connectivity index (χ0v) is 17.8. The molecule has 4 fully saturated rings. The Kier molecular flexibility index (Phi) is 4.29. The van der Waals surface area contributed by atoms with E-state index in [1.54, 1.807) is 17.0 Å². The van der Waals surface area contributed by atoms with Gasteiger partial charge in [0.2, 0.25) is 5.91 Å². The molecule has 0 radical (unpaired) electrons. The van der Waals surface area contributed by atoms with Gasteiger partial charge in [-0.1, -0.05) is 23.2 Å². The number of hydrogen-bond donors (Lipinski definition) is 1. The van der Waals surface area contributed by atoms with Crippen LogP contribution in [0.25, 0.3) is 0 Å². The molecule has 0 saturated carbocycles. The highest BCUT2D eigenvalue weighted by atomic mass is 35.5. The van der Waals surface area contributed by atoms with Crippen molar-refractivity contribution in [2.45, 2.75) is 43.2 Å². The van der Waals surface area contributed by atoms with Gasteiger partial charge in [-0.25, -0.2) is 4.79 Å². The zero-order chi connectivity index (χ0) is 21.4. The summed E-state index contributed by atoms with van der Waals surface area (Å²) in [6.07, 6.45) is 0.129. The third kappa shape index (κ3) is 2.41. The Morgan fingerprint density at radius 3 is 2.73 bits per heavy atom. The maximum atomic E-state index is 13.7. The summed E-state index contributed by atoms with van der Waals surface area (Å²) in [5.74, 6) is -0.871. The van der Waals surface area contributed by atoms with Crippen molar-refractivity contribution in [1.82, 2.24) is 5.32 Å². The molecule has 2 amide bonds. The molecular weight excluding hydrogens is 433 g/mol. The predicted octanol–water partition coefficient (Wildman–Crippen LogP) is 2.85. The number of nitrogens with one attached hydrogen (secondary N) is 1. The van der Waals surface area contributed by atoms with Gasteiger partial charge in [0.15, 0.2) is 0 Å². The lowest BCUT2D eigenvalue weighted by molar-refractivity contribution is -0.139. The molecule has 0 unspecified atom stereocenters. The van der Waals surface area contributed by atoms with Crippen LogP contribution >= 0.6 is 23.2 Å². The number of amides is 2. The molecule has 0 aliphatic carbocycles. The van der Waals surface area contributed by atoms with E-state index in [4.69, 9.17) is 37.4 Å².